The fourth-order valence-electron chi connectivity index (χ4n) is 2.01. The summed E-state index contributed by atoms with van der Waals surface area (Å²) in [6, 6.07) is -0.451. The van der Waals surface area contributed by atoms with Gasteiger partial charge >= 0.3 is 0 Å². The summed E-state index contributed by atoms with van der Waals surface area (Å²) in [4.78, 5) is 0. The van der Waals surface area contributed by atoms with Gasteiger partial charge in [-0.25, -0.2) is 0 Å². The van der Waals surface area contributed by atoms with Gasteiger partial charge in [0.25, 0.3) is 0 Å². The summed E-state index contributed by atoms with van der Waals surface area (Å²) in [7, 11) is 0. The van der Waals surface area contributed by atoms with Crippen LogP contribution in [0.5, 0.6) is 0 Å². The fourth-order valence-corrected chi connectivity index (χ4v) is 2.01. The molecule has 0 bridgehead atoms. The van der Waals surface area contributed by atoms with E-state index in [1.807, 2.05) is 20.8 Å². The minimum Gasteiger partial charge on any atom is -0.330 e. The second kappa shape index (κ2) is 5.23. The third-order valence-electron chi connectivity index (χ3n) is 2.62. The molecule has 0 amide bonds. The smallest absolute Gasteiger partial charge is 0.0373 e. The molecule has 10 N–H and O–H groups in total. The van der Waals surface area contributed by atoms with E-state index in [1.54, 1.807) is 0 Å². The molecule has 0 fully saturated rings. The predicted molar refractivity (Wildman–Crippen MR) is 65.1 cm³/mol. The Bertz CT molecular complexity index is 187. The molecule has 0 radical (unpaired) electrons. The van der Waals surface area contributed by atoms with E-state index in [-0.39, 0.29) is 17.6 Å². The average molecular weight is 217 g/mol. The molecule has 0 heterocycles. The molecule has 5 heteroatoms. The molecule has 0 aromatic heterocycles. The first kappa shape index (κ1) is 14.8. The lowest BCUT2D eigenvalue weighted by Crippen LogP contribution is -2.65. The largest absolute Gasteiger partial charge is 0.330 e. The summed E-state index contributed by atoms with van der Waals surface area (Å²) in [5.41, 5.74) is 28.7. The lowest BCUT2D eigenvalue weighted by atomic mass is 9.76. The topological polar surface area (TPSA) is 130 Å². The van der Waals surface area contributed by atoms with Gasteiger partial charge in [-0.15, -0.1) is 0 Å². The van der Waals surface area contributed by atoms with Gasteiger partial charge in [0.15, 0.2) is 0 Å². The number of hydrogen-bond donors (Lipinski definition) is 5. The van der Waals surface area contributed by atoms with Crippen molar-refractivity contribution in [2.75, 3.05) is 6.54 Å². The summed E-state index contributed by atoms with van der Waals surface area (Å²) in [5.74, 6) is 0. The third-order valence-corrected chi connectivity index (χ3v) is 2.62. The van der Waals surface area contributed by atoms with E-state index < -0.39 is 5.54 Å². The molecule has 0 aliphatic rings. The third kappa shape index (κ3) is 4.90. The highest BCUT2D eigenvalue weighted by Gasteiger charge is 2.37. The molecule has 0 aromatic carbocycles. The van der Waals surface area contributed by atoms with Crippen LogP contribution in [-0.4, -0.2) is 29.7 Å². The molecular weight excluding hydrogens is 190 g/mol. The SMILES string of the molecule is CC(N)C(N)C(N)(CCN)CC(C)(C)N. The Kier molecular flexibility index (Phi) is 5.16. The van der Waals surface area contributed by atoms with Crippen LogP contribution in [0.15, 0.2) is 0 Å². The van der Waals surface area contributed by atoms with Crippen LogP contribution >= 0.6 is 0 Å². The van der Waals surface area contributed by atoms with E-state index in [0.717, 1.165) is 0 Å². The van der Waals surface area contributed by atoms with E-state index in [1.165, 1.54) is 0 Å². The standard InChI is InChI=1S/C10H27N5/c1-7(12)8(13)10(15,4-5-11)6-9(2,3)14/h7-8H,4-6,11-15H2,1-3H3. The number of rotatable bonds is 6. The summed E-state index contributed by atoms with van der Waals surface area (Å²) in [6.45, 7) is 6.21. The molecular formula is C10H27N5. The first-order valence-corrected chi connectivity index (χ1v) is 5.41. The van der Waals surface area contributed by atoms with Crippen molar-refractivity contribution in [1.82, 2.24) is 0 Å². The van der Waals surface area contributed by atoms with E-state index in [2.05, 4.69) is 0 Å². The number of hydrogen-bond acceptors (Lipinski definition) is 5. The predicted octanol–water partition coefficient (Wildman–Crippen LogP) is -1.17. The fraction of sp³-hybridized carbons (Fsp3) is 1.00. The molecule has 0 spiro atoms. The van der Waals surface area contributed by atoms with Gasteiger partial charge in [0.1, 0.15) is 0 Å². The van der Waals surface area contributed by atoms with Gasteiger partial charge in [-0.05, 0) is 40.2 Å². The average Bonchev–Trinajstić information content (AvgIpc) is 1.99. The first-order valence-electron chi connectivity index (χ1n) is 5.41. The van der Waals surface area contributed by atoms with Crippen LogP contribution in [0.3, 0.4) is 0 Å². The van der Waals surface area contributed by atoms with E-state index >= 15 is 0 Å². The summed E-state index contributed by atoms with van der Waals surface area (Å²) >= 11 is 0. The Morgan fingerprint density at radius 1 is 1.13 bits per heavy atom. The normalized spacial score (nSPS) is 20.8. The maximum Gasteiger partial charge on any atom is 0.0373 e. The summed E-state index contributed by atoms with van der Waals surface area (Å²) in [6.07, 6.45) is 1.25. The molecule has 0 saturated carbocycles. The van der Waals surface area contributed by atoms with Crippen LogP contribution in [0.2, 0.25) is 0 Å². The lowest BCUT2D eigenvalue weighted by Gasteiger charge is -2.41. The van der Waals surface area contributed by atoms with Crippen LogP contribution in [0, 0.1) is 0 Å². The van der Waals surface area contributed by atoms with Gasteiger partial charge in [0, 0.05) is 23.2 Å². The quantitative estimate of drug-likeness (QED) is 0.383. The van der Waals surface area contributed by atoms with Gasteiger partial charge < -0.3 is 28.7 Å². The lowest BCUT2D eigenvalue weighted by molar-refractivity contribution is 0.231. The number of nitrogens with two attached hydrogens (primary N) is 5. The molecule has 0 saturated heterocycles. The zero-order valence-electron chi connectivity index (χ0n) is 10.2. The highest BCUT2D eigenvalue weighted by molar-refractivity contribution is 5.02. The Labute approximate surface area is 92.7 Å². The highest BCUT2D eigenvalue weighted by atomic mass is 14.9. The molecule has 15 heavy (non-hydrogen) atoms. The highest BCUT2D eigenvalue weighted by Crippen LogP contribution is 2.23. The van der Waals surface area contributed by atoms with Crippen LogP contribution in [-0.2, 0) is 0 Å². The molecule has 92 valence electrons. The van der Waals surface area contributed by atoms with Crippen molar-refractivity contribution in [3.05, 3.63) is 0 Å². The Morgan fingerprint density at radius 3 is 1.87 bits per heavy atom. The van der Waals surface area contributed by atoms with Crippen LogP contribution in [0.4, 0.5) is 0 Å². The zero-order chi connectivity index (χ0) is 12.3. The van der Waals surface area contributed by atoms with Crippen LogP contribution in [0.1, 0.15) is 33.6 Å². The van der Waals surface area contributed by atoms with Gasteiger partial charge in [-0.3, -0.25) is 0 Å². The zero-order valence-corrected chi connectivity index (χ0v) is 10.2. The monoisotopic (exact) mass is 217 g/mol. The molecule has 0 aliphatic carbocycles. The molecule has 0 aliphatic heterocycles. The van der Waals surface area contributed by atoms with Gasteiger partial charge in [-0.1, -0.05) is 0 Å². The molecule has 0 rings (SSSR count). The maximum atomic E-state index is 6.27. The minimum absolute atomic E-state index is 0.163. The minimum atomic E-state index is -0.582. The molecule has 0 aromatic rings. The summed E-state index contributed by atoms with van der Waals surface area (Å²) < 4.78 is 0. The van der Waals surface area contributed by atoms with Crippen molar-refractivity contribution in [1.29, 1.82) is 0 Å². The van der Waals surface area contributed by atoms with Crippen molar-refractivity contribution in [3.63, 3.8) is 0 Å². The van der Waals surface area contributed by atoms with Crippen molar-refractivity contribution in [2.24, 2.45) is 28.7 Å². The summed E-state index contributed by atoms with van der Waals surface area (Å²) in [5, 5.41) is 0. The van der Waals surface area contributed by atoms with Crippen molar-refractivity contribution >= 4 is 0 Å². The van der Waals surface area contributed by atoms with Gasteiger partial charge in [0.05, 0.1) is 0 Å². The Balaban J connectivity index is 4.73. The Hall–Kier alpha value is -0.200. The molecule has 3 atom stereocenters. The van der Waals surface area contributed by atoms with Crippen molar-refractivity contribution < 1.29 is 0 Å². The van der Waals surface area contributed by atoms with Crippen LogP contribution in [0.25, 0.3) is 0 Å². The van der Waals surface area contributed by atoms with E-state index in [9.17, 15) is 0 Å². The van der Waals surface area contributed by atoms with Gasteiger partial charge in [-0.2, -0.15) is 0 Å². The molecule has 5 nitrogen and oxygen atoms in total. The van der Waals surface area contributed by atoms with Crippen molar-refractivity contribution in [2.45, 2.75) is 56.8 Å². The first-order chi connectivity index (χ1) is 6.62. The van der Waals surface area contributed by atoms with Gasteiger partial charge in [0.2, 0.25) is 0 Å². The van der Waals surface area contributed by atoms with Crippen molar-refractivity contribution in [3.8, 4) is 0 Å². The van der Waals surface area contributed by atoms with Crippen LogP contribution < -0.4 is 28.7 Å². The maximum absolute atomic E-state index is 6.27. The molecule has 3 unspecified atom stereocenters. The second-order valence-electron chi connectivity index (χ2n) is 5.32. The second-order valence-corrected chi connectivity index (χ2v) is 5.32. The Morgan fingerprint density at radius 2 is 1.60 bits per heavy atom. The van der Waals surface area contributed by atoms with E-state index in [0.29, 0.717) is 19.4 Å². The van der Waals surface area contributed by atoms with E-state index in [4.69, 9.17) is 28.7 Å².